The van der Waals surface area contributed by atoms with Gasteiger partial charge in [0.1, 0.15) is 17.5 Å². The molecule has 1 aliphatic heterocycles. The van der Waals surface area contributed by atoms with Crippen molar-refractivity contribution in [2.24, 2.45) is 0 Å². The Morgan fingerprint density at radius 2 is 2.00 bits per heavy atom. The highest BCUT2D eigenvalue weighted by molar-refractivity contribution is 5.64. The van der Waals surface area contributed by atoms with E-state index in [-0.39, 0.29) is 19.2 Å². The lowest BCUT2D eigenvalue weighted by molar-refractivity contribution is -0.142. The van der Waals surface area contributed by atoms with E-state index in [9.17, 15) is 13.2 Å². The van der Waals surface area contributed by atoms with Gasteiger partial charge in [0.15, 0.2) is 11.5 Å². The van der Waals surface area contributed by atoms with Crippen LogP contribution in [0.5, 0.6) is 5.88 Å². The van der Waals surface area contributed by atoms with Crippen LogP contribution in [0, 0.1) is 0 Å². The third kappa shape index (κ3) is 3.84. The predicted molar refractivity (Wildman–Crippen MR) is 102 cm³/mol. The minimum Gasteiger partial charge on any atom is -0.469 e. The van der Waals surface area contributed by atoms with Crippen molar-refractivity contribution in [3.05, 3.63) is 54.5 Å². The second-order valence-electron chi connectivity index (χ2n) is 6.69. The number of hydrogen-bond donors (Lipinski definition) is 1. The second-order valence-corrected chi connectivity index (χ2v) is 6.69. The number of ether oxygens (including phenoxy) is 2. The van der Waals surface area contributed by atoms with E-state index in [0.717, 1.165) is 0 Å². The first-order valence-corrected chi connectivity index (χ1v) is 9.19. The summed E-state index contributed by atoms with van der Waals surface area (Å²) in [7, 11) is 0. The molecule has 0 spiro atoms. The number of rotatable bonds is 5. The second kappa shape index (κ2) is 7.47. The lowest BCUT2D eigenvalue weighted by atomic mass is 10.2. The minimum atomic E-state index is -4.65. The molecule has 0 radical (unpaired) electrons. The van der Waals surface area contributed by atoms with Crippen LogP contribution in [0.15, 0.2) is 48.9 Å². The smallest absolute Gasteiger partial charge is 0.423 e. The van der Waals surface area contributed by atoms with Gasteiger partial charge >= 0.3 is 6.18 Å². The first-order chi connectivity index (χ1) is 15.0. The highest BCUT2D eigenvalue weighted by Crippen LogP contribution is 2.36. The number of halogens is 3. The quantitative estimate of drug-likeness (QED) is 0.517. The van der Waals surface area contributed by atoms with Crippen molar-refractivity contribution >= 4 is 17.4 Å². The van der Waals surface area contributed by atoms with Crippen molar-refractivity contribution in [3.8, 4) is 17.3 Å². The van der Waals surface area contributed by atoms with Gasteiger partial charge in [-0.1, -0.05) is 6.07 Å². The van der Waals surface area contributed by atoms with Gasteiger partial charge in [0.2, 0.25) is 11.8 Å². The van der Waals surface area contributed by atoms with Crippen LogP contribution in [0.25, 0.3) is 17.0 Å². The summed E-state index contributed by atoms with van der Waals surface area (Å²) < 4.78 is 51.9. The van der Waals surface area contributed by atoms with Gasteiger partial charge in [-0.25, -0.2) is 9.97 Å². The van der Waals surface area contributed by atoms with Crippen molar-refractivity contribution in [1.82, 2.24) is 29.5 Å². The molecule has 1 N–H and O–H groups in total. The number of alkyl halides is 3. The molecule has 5 rings (SSSR count). The maximum absolute atomic E-state index is 13.3. The number of nitrogens with zero attached hydrogens (tertiary/aromatic N) is 6. The van der Waals surface area contributed by atoms with E-state index in [2.05, 4.69) is 30.5 Å². The Morgan fingerprint density at radius 1 is 1.13 bits per heavy atom. The number of aromatic nitrogens is 6. The van der Waals surface area contributed by atoms with Gasteiger partial charge in [-0.15, -0.1) is 10.2 Å². The summed E-state index contributed by atoms with van der Waals surface area (Å²) in [5, 5.41) is 11.1. The van der Waals surface area contributed by atoms with Gasteiger partial charge in [-0.2, -0.15) is 18.2 Å². The standard InChI is InChI=1S/C19H14F3N7O2/c20-19(21,22)13-8-24-18(26-17(13)31-12-9-30-10-12)25-14-7-11(4-5-23-14)16-28-27-15-3-1-2-6-29(15)16/h1-8,12H,9-10H2,(H,23,24,25,26). The van der Waals surface area contributed by atoms with Crippen LogP contribution in [-0.2, 0) is 10.9 Å². The molecular formula is C19H14F3N7O2. The van der Waals surface area contributed by atoms with E-state index >= 15 is 0 Å². The lowest BCUT2D eigenvalue weighted by Gasteiger charge is -2.27. The van der Waals surface area contributed by atoms with Crippen molar-refractivity contribution in [1.29, 1.82) is 0 Å². The van der Waals surface area contributed by atoms with Gasteiger partial charge in [0.05, 0.1) is 13.2 Å². The zero-order chi connectivity index (χ0) is 21.4. The maximum atomic E-state index is 13.3. The Kier molecular flexibility index (Phi) is 4.62. The Bertz CT molecular complexity index is 1240. The average Bonchev–Trinajstić information content (AvgIpc) is 3.14. The van der Waals surface area contributed by atoms with E-state index in [1.54, 1.807) is 16.5 Å². The highest BCUT2D eigenvalue weighted by atomic mass is 19.4. The number of pyridine rings is 2. The third-order valence-electron chi connectivity index (χ3n) is 4.52. The molecule has 0 aromatic carbocycles. The molecule has 0 bridgehead atoms. The van der Waals surface area contributed by atoms with Crippen molar-refractivity contribution in [3.63, 3.8) is 0 Å². The van der Waals surface area contributed by atoms with E-state index < -0.39 is 23.7 Å². The molecule has 0 aliphatic carbocycles. The normalized spacial score (nSPS) is 14.4. The molecule has 31 heavy (non-hydrogen) atoms. The molecule has 4 aromatic rings. The molecule has 0 unspecified atom stereocenters. The summed E-state index contributed by atoms with van der Waals surface area (Å²) in [5.74, 6) is 0.267. The molecule has 1 aliphatic rings. The molecule has 158 valence electrons. The van der Waals surface area contributed by atoms with E-state index in [4.69, 9.17) is 9.47 Å². The molecule has 1 fully saturated rings. The number of anilines is 2. The van der Waals surface area contributed by atoms with Crippen molar-refractivity contribution in [2.75, 3.05) is 18.5 Å². The molecular weight excluding hydrogens is 415 g/mol. The van der Waals surface area contributed by atoms with E-state index in [1.165, 1.54) is 6.20 Å². The monoisotopic (exact) mass is 429 g/mol. The first kappa shape index (κ1) is 19.2. The topological polar surface area (TPSA) is 99.4 Å². The summed E-state index contributed by atoms with van der Waals surface area (Å²) in [5.41, 5.74) is 0.324. The third-order valence-corrected chi connectivity index (χ3v) is 4.52. The van der Waals surface area contributed by atoms with E-state index in [1.807, 2.05) is 24.4 Å². The Hall–Kier alpha value is -3.80. The summed E-state index contributed by atoms with van der Waals surface area (Å²) >= 11 is 0. The van der Waals surface area contributed by atoms with Crippen LogP contribution in [0.4, 0.5) is 24.9 Å². The highest BCUT2D eigenvalue weighted by Gasteiger charge is 2.37. The molecule has 5 heterocycles. The number of hydrogen-bond acceptors (Lipinski definition) is 8. The van der Waals surface area contributed by atoms with Crippen LogP contribution in [0.3, 0.4) is 0 Å². The molecule has 12 heteroatoms. The fourth-order valence-corrected chi connectivity index (χ4v) is 2.94. The summed E-state index contributed by atoms with van der Waals surface area (Å²) in [4.78, 5) is 11.9. The maximum Gasteiger partial charge on any atom is 0.423 e. The Balaban J connectivity index is 1.44. The van der Waals surface area contributed by atoms with Crippen LogP contribution in [0.1, 0.15) is 5.56 Å². The minimum absolute atomic E-state index is 0.0843. The van der Waals surface area contributed by atoms with Gasteiger partial charge in [-0.3, -0.25) is 4.40 Å². The first-order valence-electron chi connectivity index (χ1n) is 9.19. The zero-order valence-electron chi connectivity index (χ0n) is 15.7. The fraction of sp³-hybridized carbons (Fsp3) is 0.211. The number of nitrogens with one attached hydrogen (secondary N) is 1. The Morgan fingerprint density at radius 3 is 2.77 bits per heavy atom. The molecule has 0 saturated carbocycles. The Labute approximate surface area is 172 Å². The van der Waals surface area contributed by atoms with Crippen LogP contribution < -0.4 is 10.1 Å². The van der Waals surface area contributed by atoms with Gasteiger partial charge in [-0.05, 0) is 24.3 Å². The summed E-state index contributed by atoms with van der Waals surface area (Å²) in [6, 6.07) is 8.94. The summed E-state index contributed by atoms with van der Waals surface area (Å²) in [6.07, 6.45) is -1.09. The summed E-state index contributed by atoms with van der Waals surface area (Å²) in [6.45, 7) is 0.417. The SMILES string of the molecule is FC(F)(F)c1cnc(Nc2cc(-c3nnc4ccccn34)ccn2)nc1OC1COC1. The zero-order valence-corrected chi connectivity index (χ0v) is 15.7. The molecule has 0 atom stereocenters. The molecule has 0 amide bonds. The largest absolute Gasteiger partial charge is 0.469 e. The van der Waals surface area contributed by atoms with Gasteiger partial charge < -0.3 is 14.8 Å². The van der Waals surface area contributed by atoms with Crippen LogP contribution in [0.2, 0.25) is 0 Å². The lowest BCUT2D eigenvalue weighted by Crippen LogP contribution is -2.39. The van der Waals surface area contributed by atoms with Crippen molar-refractivity contribution < 1.29 is 22.6 Å². The van der Waals surface area contributed by atoms with Crippen LogP contribution >= 0.6 is 0 Å². The molecule has 1 saturated heterocycles. The van der Waals surface area contributed by atoms with Gasteiger partial charge in [0, 0.05) is 24.2 Å². The van der Waals surface area contributed by atoms with E-state index in [0.29, 0.717) is 29.0 Å². The van der Waals surface area contributed by atoms with Crippen LogP contribution in [-0.4, -0.2) is 48.9 Å². The van der Waals surface area contributed by atoms with Gasteiger partial charge in [0.25, 0.3) is 0 Å². The predicted octanol–water partition coefficient (Wildman–Crippen LogP) is 3.12. The van der Waals surface area contributed by atoms with Crippen molar-refractivity contribution in [2.45, 2.75) is 12.3 Å². The number of fused-ring (bicyclic) bond motifs is 1. The molecule has 4 aromatic heterocycles. The fourth-order valence-electron chi connectivity index (χ4n) is 2.94. The average molecular weight is 429 g/mol. The molecule has 9 nitrogen and oxygen atoms in total.